The Morgan fingerprint density at radius 2 is 1.71 bits per heavy atom. The first-order valence-electron chi connectivity index (χ1n) is 6.45. The van der Waals surface area contributed by atoms with E-state index in [1.165, 1.54) is 45.3 Å². The minimum absolute atomic E-state index is 0.0906. The van der Waals surface area contributed by atoms with Gasteiger partial charge in [0.25, 0.3) is 0 Å². The molecule has 0 N–H and O–H groups in total. The van der Waals surface area contributed by atoms with E-state index in [9.17, 15) is 18.0 Å². The SMILES string of the molecule is CCOC(=O)C(C)C(=O)c1ccc(S(=O)(=O)N(C)C)cc1. The van der Waals surface area contributed by atoms with Crippen LogP contribution in [0, 0.1) is 5.92 Å². The zero-order valence-electron chi connectivity index (χ0n) is 12.5. The van der Waals surface area contributed by atoms with E-state index in [-0.39, 0.29) is 17.1 Å². The number of hydrogen-bond donors (Lipinski definition) is 0. The first kappa shape index (κ1) is 17.3. The van der Waals surface area contributed by atoms with Gasteiger partial charge in [-0.15, -0.1) is 0 Å². The zero-order valence-corrected chi connectivity index (χ0v) is 13.3. The van der Waals surface area contributed by atoms with E-state index in [1.54, 1.807) is 6.92 Å². The molecule has 1 aromatic rings. The molecule has 0 aliphatic rings. The molecule has 0 radical (unpaired) electrons. The van der Waals surface area contributed by atoms with Crippen molar-refractivity contribution < 1.29 is 22.7 Å². The van der Waals surface area contributed by atoms with Crippen LogP contribution in [0.25, 0.3) is 0 Å². The second kappa shape index (κ2) is 6.82. The van der Waals surface area contributed by atoms with Gasteiger partial charge in [0.2, 0.25) is 10.0 Å². The van der Waals surface area contributed by atoms with Crippen molar-refractivity contribution in [1.82, 2.24) is 4.31 Å². The normalized spacial score (nSPS) is 13.0. The minimum atomic E-state index is -3.53. The smallest absolute Gasteiger partial charge is 0.316 e. The van der Waals surface area contributed by atoms with Crippen molar-refractivity contribution in [1.29, 1.82) is 0 Å². The van der Waals surface area contributed by atoms with Crippen molar-refractivity contribution in [3.63, 3.8) is 0 Å². The lowest BCUT2D eigenvalue weighted by Gasteiger charge is -2.12. The first-order valence-corrected chi connectivity index (χ1v) is 7.89. The first-order chi connectivity index (χ1) is 9.71. The van der Waals surface area contributed by atoms with E-state index >= 15 is 0 Å². The standard InChI is InChI=1S/C14H19NO5S/c1-5-20-14(17)10(2)13(16)11-6-8-12(9-7-11)21(18,19)15(3)4/h6-10H,5H2,1-4H3. The third-order valence-corrected chi connectivity index (χ3v) is 4.78. The molecule has 1 atom stereocenters. The lowest BCUT2D eigenvalue weighted by molar-refractivity contribution is -0.145. The van der Waals surface area contributed by atoms with Gasteiger partial charge in [0.1, 0.15) is 5.92 Å². The average molecular weight is 313 g/mol. The molecule has 7 heteroatoms. The summed E-state index contributed by atoms with van der Waals surface area (Å²) in [7, 11) is -0.679. The maximum atomic E-state index is 12.1. The Kier molecular flexibility index (Phi) is 5.62. The highest BCUT2D eigenvalue weighted by molar-refractivity contribution is 7.89. The molecule has 21 heavy (non-hydrogen) atoms. The van der Waals surface area contributed by atoms with E-state index in [1.807, 2.05) is 0 Å². The molecule has 0 fully saturated rings. The summed E-state index contributed by atoms with van der Waals surface area (Å²) >= 11 is 0. The summed E-state index contributed by atoms with van der Waals surface area (Å²) in [6, 6.07) is 5.49. The van der Waals surface area contributed by atoms with Gasteiger partial charge >= 0.3 is 5.97 Å². The van der Waals surface area contributed by atoms with Crippen LogP contribution in [-0.4, -0.2) is 45.2 Å². The van der Waals surface area contributed by atoms with Gasteiger partial charge in [0, 0.05) is 19.7 Å². The number of nitrogens with zero attached hydrogens (tertiary/aromatic N) is 1. The Bertz CT molecular complexity index is 619. The summed E-state index contributed by atoms with van der Waals surface area (Å²) in [6.45, 7) is 3.33. The second-order valence-electron chi connectivity index (χ2n) is 4.65. The van der Waals surface area contributed by atoms with Crippen LogP contribution < -0.4 is 0 Å². The van der Waals surface area contributed by atoms with Crippen LogP contribution in [0.1, 0.15) is 24.2 Å². The van der Waals surface area contributed by atoms with Crippen molar-refractivity contribution in [2.75, 3.05) is 20.7 Å². The number of sulfonamides is 1. The van der Waals surface area contributed by atoms with Gasteiger partial charge < -0.3 is 4.74 Å². The monoisotopic (exact) mass is 313 g/mol. The molecule has 0 amide bonds. The number of ketones is 1. The minimum Gasteiger partial charge on any atom is -0.465 e. The summed E-state index contributed by atoms with van der Waals surface area (Å²) in [5.74, 6) is -1.91. The Balaban J connectivity index is 2.98. The number of esters is 1. The van der Waals surface area contributed by atoms with E-state index in [2.05, 4.69) is 0 Å². The molecule has 0 aromatic heterocycles. The van der Waals surface area contributed by atoms with Crippen molar-refractivity contribution in [2.45, 2.75) is 18.7 Å². The van der Waals surface area contributed by atoms with Crippen molar-refractivity contribution in [3.05, 3.63) is 29.8 Å². The molecule has 116 valence electrons. The summed E-state index contributed by atoms with van der Waals surface area (Å²) in [5.41, 5.74) is 0.272. The fraction of sp³-hybridized carbons (Fsp3) is 0.429. The quantitative estimate of drug-likeness (QED) is 0.449. The van der Waals surface area contributed by atoms with Gasteiger partial charge in [0.15, 0.2) is 5.78 Å². The zero-order chi connectivity index (χ0) is 16.2. The third-order valence-electron chi connectivity index (χ3n) is 2.95. The number of ether oxygens (including phenoxy) is 1. The van der Waals surface area contributed by atoms with Crippen molar-refractivity contribution in [3.8, 4) is 0 Å². The molecule has 0 saturated heterocycles. The van der Waals surface area contributed by atoms with Crippen LogP contribution in [0.2, 0.25) is 0 Å². The fourth-order valence-electron chi connectivity index (χ4n) is 1.63. The Morgan fingerprint density at radius 1 is 1.19 bits per heavy atom. The molecule has 0 aliphatic heterocycles. The Labute approximate surface area is 124 Å². The molecule has 6 nitrogen and oxygen atoms in total. The molecule has 0 saturated carbocycles. The fourth-order valence-corrected chi connectivity index (χ4v) is 2.53. The maximum Gasteiger partial charge on any atom is 0.316 e. The lowest BCUT2D eigenvalue weighted by atomic mass is 10.00. The summed E-state index contributed by atoms with van der Waals surface area (Å²) in [5, 5.41) is 0. The lowest BCUT2D eigenvalue weighted by Crippen LogP contribution is -2.24. The van der Waals surface area contributed by atoms with E-state index in [0.29, 0.717) is 0 Å². The number of benzene rings is 1. The van der Waals surface area contributed by atoms with Gasteiger partial charge in [-0.3, -0.25) is 9.59 Å². The molecule has 0 heterocycles. The molecule has 1 aromatic carbocycles. The van der Waals surface area contributed by atoms with Gasteiger partial charge in [0.05, 0.1) is 11.5 Å². The molecule has 0 spiro atoms. The highest BCUT2D eigenvalue weighted by Gasteiger charge is 2.24. The predicted molar refractivity (Wildman–Crippen MR) is 77.4 cm³/mol. The van der Waals surface area contributed by atoms with Crippen LogP contribution in [0.15, 0.2) is 29.2 Å². The van der Waals surface area contributed by atoms with Crippen LogP contribution in [0.4, 0.5) is 0 Å². The molecular formula is C14H19NO5S. The van der Waals surface area contributed by atoms with Gasteiger partial charge in [-0.05, 0) is 26.0 Å². The van der Waals surface area contributed by atoms with Crippen molar-refractivity contribution >= 4 is 21.8 Å². The Hall–Kier alpha value is -1.73. The summed E-state index contributed by atoms with van der Waals surface area (Å²) < 4.78 is 29.7. The average Bonchev–Trinajstić information content (AvgIpc) is 2.45. The topological polar surface area (TPSA) is 80.8 Å². The second-order valence-corrected chi connectivity index (χ2v) is 6.80. The van der Waals surface area contributed by atoms with Crippen LogP contribution >= 0.6 is 0 Å². The van der Waals surface area contributed by atoms with Gasteiger partial charge in [-0.25, -0.2) is 12.7 Å². The summed E-state index contributed by atoms with van der Waals surface area (Å²) in [4.78, 5) is 23.7. The highest BCUT2D eigenvalue weighted by atomic mass is 32.2. The van der Waals surface area contributed by atoms with E-state index in [0.717, 1.165) is 4.31 Å². The van der Waals surface area contributed by atoms with Crippen molar-refractivity contribution in [2.24, 2.45) is 5.92 Å². The Morgan fingerprint density at radius 3 is 2.14 bits per heavy atom. The number of carbonyl (C=O) groups is 2. The van der Waals surface area contributed by atoms with Crippen LogP contribution in [-0.2, 0) is 19.6 Å². The third kappa shape index (κ3) is 3.89. The number of hydrogen-bond acceptors (Lipinski definition) is 5. The number of rotatable bonds is 6. The molecule has 1 unspecified atom stereocenters. The predicted octanol–water partition coefficient (Wildman–Crippen LogP) is 1.32. The molecule has 0 bridgehead atoms. The molecule has 0 aliphatic carbocycles. The van der Waals surface area contributed by atoms with E-state index in [4.69, 9.17) is 4.74 Å². The van der Waals surface area contributed by atoms with Crippen LogP contribution in [0.5, 0.6) is 0 Å². The van der Waals surface area contributed by atoms with Crippen LogP contribution in [0.3, 0.4) is 0 Å². The maximum absolute atomic E-state index is 12.1. The van der Waals surface area contributed by atoms with E-state index < -0.39 is 27.7 Å². The molecular weight excluding hydrogens is 294 g/mol. The van der Waals surface area contributed by atoms with Gasteiger partial charge in [-0.1, -0.05) is 12.1 Å². The summed E-state index contributed by atoms with van der Waals surface area (Å²) in [6.07, 6.45) is 0. The largest absolute Gasteiger partial charge is 0.465 e. The molecule has 1 rings (SSSR count). The number of Topliss-reactive ketones (excluding diaryl/α,β-unsaturated/α-hetero) is 1. The van der Waals surface area contributed by atoms with Gasteiger partial charge in [-0.2, -0.15) is 0 Å². The highest BCUT2D eigenvalue weighted by Crippen LogP contribution is 2.16. The number of carbonyl (C=O) groups excluding carboxylic acids is 2.